The van der Waals surface area contributed by atoms with E-state index in [2.05, 4.69) is 15.8 Å². The third kappa shape index (κ3) is 4.18. The van der Waals surface area contributed by atoms with Gasteiger partial charge in [-0.1, -0.05) is 30.3 Å². The number of nitrogens with zero attached hydrogens (tertiary/aromatic N) is 2. The standard InChI is InChI=1S/C20H16N4O4/c1-13-17(11-12-18(21-13)14-5-3-2-4-6-14)20(26)23-22-19(25)15-7-9-16(10-8-15)24(27)28/h2-12H,1H3,(H,22,25)(H,23,26). The topological polar surface area (TPSA) is 114 Å². The number of amides is 2. The first-order valence-electron chi connectivity index (χ1n) is 8.34. The van der Waals surface area contributed by atoms with Crippen LogP contribution in [0.5, 0.6) is 0 Å². The molecule has 28 heavy (non-hydrogen) atoms. The summed E-state index contributed by atoms with van der Waals surface area (Å²) in [5.41, 5.74) is 7.18. The normalized spacial score (nSPS) is 10.2. The van der Waals surface area contributed by atoms with Crippen molar-refractivity contribution in [3.63, 3.8) is 0 Å². The highest BCUT2D eigenvalue weighted by atomic mass is 16.6. The summed E-state index contributed by atoms with van der Waals surface area (Å²) in [7, 11) is 0. The first kappa shape index (κ1) is 18.7. The molecule has 2 amide bonds. The van der Waals surface area contributed by atoms with Crippen molar-refractivity contribution >= 4 is 17.5 Å². The summed E-state index contributed by atoms with van der Waals surface area (Å²) in [5, 5.41) is 10.6. The molecule has 2 aromatic carbocycles. The summed E-state index contributed by atoms with van der Waals surface area (Å²) in [4.78, 5) is 38.9. The number of hydrazine groups is 1. The number of rotatable bonds is 4. The molecular weight excluding hydrogens is 360 g/mol. The summed E-state index contributed by atoms with van der Waals surface area (Å²) in [6, 6.07) is 18.0. The number of pyridine rings is 1. The number of nitro benzene ring substituents is 1. The van der Waals surface area contributed by atoms with Gasteiger partial charge in [-0.2, -0.15) is 0 Å². The lowest BCUT2D eigenvalue weighted by molar-refractivity contribution is -0.384. The fraction of sp³-hybridized carbons (Fsp3) is 0.0500. The van der Waals surface area contributed by atoms with E-state index in [1.807, 2.05) is 30.3 Å². The first-order chi connectivity index (χ1) is 13.5. The van der Waals surface area contributed by atoms with E-state index < -0.39 is 16.7 Å². The van der Waals surface area contributed by atoms with Crippen LogP contribution in [0.3, 0.4) is 0 Å². The summed E-state index contributed by atoms with van der Waals surface area (Å²) >= 11 is 0. The van der Waals surface area contributed by atoms with Crippen molar-refractivity contribution in [2.75, 3.05) is 0 Å². The van der Waals surface area contributed by atoms with Gasteiger partial charge in [-0.25, -0.2) is 0 Å². The van der Waals surface area contributed by atoms with E-state index in [0.29, 0.717) is 11.3 Å². The van der Waals surface area contributed by atoms with Crippen LogP contribution in [-0.2, 0) is 0 Å². The second-order valence-electron chi connectivity index (χ2n) is 5.91. The van der Waals surface area contributed by atoms with Crippen molar-refractivity contribution < 1.29 is 14.5 Å². The average Bonchev–Trinajstić information content (AvgIpc) is 2.72. The van der Waals surface area contributed by atoms with Crippen LogP contribution >= 0.6 is 0 Å². The second kappa shape index (κ2) is 8.09. The minimum absolute atomic E-state index is 0.124. The quantitative estimate of drug-likeness (QED) is 0.536. The van der Waals surface area contributed by atoms with Gasteiger partial charge in [0, 0.05) is 23.3 Å². The van der Waals surface area contributed by atoms with E-state index in [-0.39, 0.29) is 11.3 Å². The average molecular weight is 376 g/mol. The summed E-state index contributed by atoms with van der Waals surface area (Å²) < 4.78 is 0. The molecule has 0 radical (unpaired) electrons. The van der Waals surface area contributed by atoms with Gasteiger partial charge in [0.2, 0.25) is 0 Å². The predicted octanol–water partition coefficient (Wildman–Crippen LogP) is 3.04. The highest BCUT2D eigenvalue weighted by Gasteiger charge is 2.14. The molecule has 0 aliphatic rings. The van der Waals surface area contributed by atoms with Crippen LogP contribution in [0.1, 0.15) is 26.4 Å². The summed E-state index contributed by atoms with van der Waals surface area (Å²) in [5.74, 6) is -1.10. The molecule has 2 N–H and O–H groups in total. The van der Waals surface area contributed by atoms with Crippen molar-refractivity contribution in [2.45, 2.75) is 6.92 Å². The number of carbonyl (C=O) groups is 2. The Morgan fingerprint density at radius 2 is 1.54 bits per heavy atom. The van der Waals surface area contributed by atoms with Crippen LogP contribution in [0.15, 0.2) is 66.7 Å². The maximum absolute atomic E-state index is 12.3. The van der Waals surface area contributed by atoms with Gasteiger partial charge in [0.1, 0.15) is 0 Å². The SMILES string of the molecule is Cc1nc(-c2ccccc2)ccc1C(=O)NNC(=O)c1ccc([N+](=O)[O-])cc1. The molecule has 8 nitrogen and oxygen atoms in total. The highest BCUT2D eigenvalue weighted by Crippen LogP contribution is 2.18. The van der Waals surface area contributed by atoms with Crippen LogP contribution in [-0.4, -0.2) is 21.7 Å². The van der Waals surface area contributed by atoms with Gasteiger partial charge in [0.25, 0.3) is 17.5 Å². The lowest BCUT2D eigenvalue weighted by Gasteiger charge is -2.10. The zero-order chi connectivity index (χ0) is 20.1. The monoisotopic (exact) mass is 376 g/mol. The van der Waals surface area contributed by atoms with E-state index in [1.165, 1.54) is 24.3 Å². The molecule has 0 fully saturated rings. The molecule has 1 heterocycles. The Labute approximate surface area is 160 Å². The number of carbonyl (C=O) groups excluding carboxylic acids is 2. The number of nitrogens with one attached hydrogen (secondary N) is 2. The van der Waals surface area contributed by atoms with Crippen LogP contribution < -0.4 is 10.9 Å². The number of benzene rings is 2. The predicted molar refractivity (Wildman–Crippen MR) is 102 cm³/mol. The number of aryl methyl sites for hydroxylation is 1. The zero-order valence-electron chi connectivity index (χ0n) is 14.9. The Morgan fingerprint density at radius 3 is 2.14 bits per heavy atom. The van der Waals surface area contributed by atoms with E-state index in [1.54, 1.807) is 19.1 Å². The largest absolute Gasteiger partial charge is 0.271 e. The van der Waals surface area contributed by atoms with Gasteiger partial charge >= 0.3 is 0 Å². The fourth-order valence-electron chi connectivity index (χ4n) is 2.56. The minimum atomic E-state index is -0.588. The number of hydrogen-bond acceptors (Lipinski definition) is 5. The van der Waals surface area contributed by atoms with E-state index in [4.69, 9.17) is 0 Å². The molecule has 3 aromatic rings. The number of non-ortho nitro benzene ring substituents is 1. The van der Waals surface area contributed by atoms with Gasteiger partial charge in [0.05, 0.1) is 21.9 Å². The molecular formula is C20H16N4O4. The van der Waals surface area contributed by atoms with E-state index in [9.17, 15) is 19.7 Å². The molecule has 0 saturated carbocycles. The molecule has 140 valence electrons. The minimum Gasteiger partial charge on any atom is -0.267 e. The van der Waals surface area contributed by atoms with Crippen molar-refractivity contribution in [3.05, 3.63) is 93.7 Å². The van der Waals surface area contributed by atoms with Gasteiger partial charge < -0.3 is 0 Å². The van der Waals surface area contributed by atoms with Crippen molar-refractivity contribution in [2.24, 2.45) is 0 Å². The lowest BCUT2D eigenvalue weighted by Crippen LogP contribution is -2.41. The molecule has 0 saturated heterocycles. The maximum atomic E-state index is 12.3. The number of hydrogen-bond donors (Lipinski definition) is 2. The Kier molecular flexibility index (Phi) is 5.40. The zero-order valence-corrected chi connectivity index (χ0v) is 14.9. The molecule has 1 aromatic heterocycles. The van der Waals surface area contributed by atoms with Gasteiger partial charge in [0.15, 0.2) is 0 Å². The highest BCUT2D eigenvalue weighted by molar-refractivity contribution is 5.99. The van der Waals surface area contributed by atoms with Crippen LogP contribution in [0.25, 0.3) is 11.3 Å². The summed E-state index contributed by atoms with van der Waals surface area (Å²) in [6.45, 7) is 1.71. The van der Waals surface area contributed by atoms with Crippen molar-refractivity contribution in [3.8, 4) is 11.3 Å². The van der Waals surface area contributed by atoms with E-state index in [0.717, 1.165) is 11.3 Å². The van der Waals surface area contributed by atoms with Crippen molar-refractivity contribution in [1.82, 2.24) is 15.8 Å². The number of aromatic nitrogens is 1. The van der Waals surface area contributed by atoms with Crippen LogP contribution in [0.4, 0.5) is 5.69 Å². The molecule has 0 aliphatic heterocycles. The first-order valence-corrected chi connectivity index (χ1v) is 8.34. The van der Waals surface area contributed by atoms with Crippen molar-refractivity contribution in [1.29, 1.82) is 0 Å². The third-order valence-corrected chi connectivity index (χ3v) is 4.03. The Morgan fingerprint density at radius 1 is 0.893 bits per heavy atom. The van der Waals surface area contributed by atoms with E-state index >= 15 is 0 Å². The molecule has 0 spiro atoms. The molecule has 0 aliphatic carbocycles. The lowest BCUT2D eigenvalue weighted by atomic mass is 10.1. The Balaban J connectivity index is 1.66. The molecule has 0 bridgehead atoms. The smallest absolute Gasteiger partial charge is 0.267 e. The third-order valence-electron chi connectivity index (χ3n) is 4.03. The van der Waals surface area contributed by atoms with Gasteiger partial charge in [-0.05, 0) is 31.2 Å². The molecule has 8 heteroatoms. The summed E-state index contributed by atoms with van der Waals surface area (Å²) in [6.07, 6.45) is 0. The Hall–Kier alpha value is -4.07. The number of nitro groups is 1. The van der Waals surface area contributed by atoms with Gasteiger partial charge in [-0.3, -0.25) is 35.5 Å². The van der Waals surface area contributed by atoms with Gasteiger partial charge in [-0.15, -0.1) is 0 Å². The molecule has 0 unspecified atom stereocenters. The second-order valence-corrected chi connectivity index (χ2v) is 5.91. The molecule has 3 rings (SSSR count). The van der Waals surface area contributed by atoms with Crippen LogP contribution in [0, 0.1) is 17.0 Å². The van der Waals surface area contributed by atoms with Crippen LogP contribution in [0.2, 0.25) is 0 Å². The fourth-order valence-corrected chi connectivity index (χ4v) is 2.56. The molecule has 0 atom stereocenters. The Bertz CT molecular complexity index is 1030. The maximum Gasteiger partial charge on any atom is 0.271 e.